The van der Waals surface area contributed by atoms with Crippen LogP contribution in [0.15, 0.2) is 18.2 Å². The van der Waals surface area contributed by atoms with Crippen LogP contribution in [0.1, 0.15) is 22.8 Å². The molecule has 4 nitrogen and oxygen atoms in total. The molecule has 0 bridgehead atoms. The molecule has 104 valence electrons. The van der Waals surface area contributed by atoms with E-state index in [4.69, 9.17) is 9.47 Å². The van der Waals surface area contributed by atoms with Crippen molar-refractivity contribution < 1.29 is 14.3 Å². The minimum atomic E-state index is 0.0281. The van der Waals surface area contributed by atoms with Crippen LogP contribution < -0.4 is 4.74 Å². The lowest BCUT2D eigenvalue weighted by Gasteiger charge is -2.30. The molecule has 1 fully saturated rings. The number of benzene rings is 1. The van der Waals surface area contributed by atoms with Gasteiger partial charge < -0.3 is 14.4 Å². The summed E-state index contributed by atoms with van der Waals surface area (Å²) >= 11 is 0. The van der Waals surface area contributed by atoms with Gasteiger partial charge in [-0.25, -0.2) is 0 Å². The fraction of sp³-hybridized carbons (Fsp3) is 0.533. The van der Waals surface area contributed by atoms with E-state index in [1.54, 1.807) is 6.92 Å². The average Bonchev–Trinajstić information content (AvgIpc) is 2.37. The van der Waals surface area contributed by atoms with Crippen molar-refractivity contribution in [2.75, 3.05) is 33.4 Å². The molecule has 2 rings (SSSR count). The summed E-state index contributed by atoms with van der Waals surface area (Å²) in [5.41, 5.74) is 1.70. The Morgan fingerprint density at radius 3 is 3.00 bits per heavy atom. The van der Waals surface area contributed by atoms with E-state index in [2.05, 4.69) is 11.9 Å². The number of aryl methyl sites for hydroxylation is 1. The molecule has 0 amide bonds. The van der Waals surface area contributed by atoms with Gasteiger partial charge in [-0.1, -0.05) is 11.6 Å². The van der Waals surface area contributed by atoms with Crippen LogP contribution in [-0.2, 0) is 4.74 Å². The number of Topliss-reactive ketones (excluding diaryl/α,β-unsaturated/α-hetero) is 1. The van der Waals surface area contributed by atoms with Crippen molar-refractivity contribution in [1.82, 2.24) is 4.90 Å². The molecule has 1 saturated heterocycles. The molecular weight excluding hydrogens is 242 g/mol. The van der Waals surface area contributed by atoms with Crippen LogP contribution in [-0.4, -0.2) is 50.1 Å². The zero-order valence-corrected chi connectivity index (χ0v) is 11.8. The third-order valence-electron chi connectivity index (χ3n) is 3.28. The topological polar surface area (TPSA) is 38.8 Å². The Hall–Kier alpha value is -1.39. The molecule has 0 radical (unpaired) electrons. The first-order valence-corrected chi connectivity index (χ1v) is 6.61. The third-order valence-corrected chi connectivity index (χ3v) is 3.28. The summed E-state index contributed by atoms with van der Waals surface area (Å²) in [4.78, 5) is 13.8. The highest BCUT2D eigenvalue weighted by atomic mass is 16.5. The summed E-state index contributed by atoms with van der Waals surface area (Å²) in [5, 5.41) is 0. The molecule has 1 aliphatic heterocycles. The fourth-order valence-corrected chi connectivity index (χ4v) is 2.20. The Labute approximate surface area is 114 Å². The Morgan fingerprint density at radius 2 is 2.32 bits per heavy atom. The second-order valence-corrected chi connectivity index (χ2v) is 5.12. The van der Waals surface area contributed by atoms with Crippen LogP contribution in [0.25, 0.3) is 0 Å². The van der Waals surface area contributed by atoms with E-state index >= 15 is 0 Å². The average molecular weight is 263 g/mol. The molecule has 1 aromatic carbocycles. The van der Waals surface area contributed by atoms with Gasteiger partial charge in [-0.2, -0.15) is 0 Å². The summed E-state index contributed by atoms with van der Waals surface area (Å²) < 4.78 is 11.4. The van der Waals surface area contributed by atoms with Gasteiger partial charge in [0.15, 0.2) is 5.78 Å². The molecule has 1 unspecified atom stereocenters. The van der Waals surface area contributed by atoms with Gasteiger partial charge in [0.1, 0.15) is 18.5 Å². The standard InChI is InChI=1S/C15H21NO3/c1-11-4-5-15(14(8-11)12(2)17)19-10-13-9-16(3)6-7-18-13/h4-5,8,13H,6-7,9-10H2,1-3H3. The van der Waals surface area contributed by atoms with Crippen LogP contribution in [0.2, 0.25) is 0 Å². The lowest BCUT2D eigenvalue weighted by molar-refractivity contribution is -0.0404. The largest absolute Gasteiger partial charge is 0.490 e. The number of nitrogens with zero attached hydrogens (tertiary/aromatic N) is 1. The molecule has 1 aromatic rings. The van der Waals surface area contributed by atoms with Crippen LogP contribution in [0.3, 0.4) is 0 Å². The molecule has 1 aliphatic rings. The van der Waals surface area contributed by atoms with E-state index in [-0.39, 0.29) is 11.9 Å². The van der Waals surface area contributed by atoms with Crippen molar-refractivity contribution in [1.29, 1.82) is 0 Å². The number of hydrogen-bond acceptors (Lipinski definition) is 4. The maximum absolute atomic E-state index is 11.6. The van der Waals surface area contributed by atoms with Crippen molar-refractivity contribution >= 4 is 5.78 Å². The lowest BCUT2D eigenvalue weighted by Crippen LogP contribution is -2.42. The number of likely N-dealkylation sites (N-methyl/N-ethyl adjacent to an activating group) is 1. The van der Waals surface area contributed by atoms with Gasteiger partial charge in [-0.15, -0.1) is 0 Å². The molecule has 0 spiro atoms. The molecule has 19 heavy (non-hydrogen) atoms. The quantitative estimate of drug-likeness (QED) is 0.778. The fourth-order valence-electron chi connectivity index (χ4n) is 2.20. The molecular formula is C15H21NO3. The normalized spacial score (nSPS) is 20.3. The highest BCUT2D eigenvalue weighted by Crippen LogP contribution is 2.21. The Morgan fingerprint density at radius 1 is 1.53 bits per heavy atom. The predicted molar refractivity (Wildman–Crippen MR) is 73.9 cm³/mol. The first-order chi connectivity index (χ1) is 9.06. The summed E-state index contributed by atoms with van der Waals surface area (Å²) in [6, 6.07) is 5.68. The van der Waals surface area contributed by atoms with Crippen LogP contribution in [0, 0.1) is 6.92 Å². The van der Waals surface area contributed by atoms with Gasteiger partial charge >= 0.3 is 0 Å². The van der Waals surface area contributed by atoms with E-state index in [1.165, 1.54) is 0 Å². The number of carbonyl (C=O) groups is 1. The lowest BCUT2D eigenvalue weighted by atomic mass is 10.1. The van der Waals surface area contributed by atoms with Gasteiger partial charge in [0.2, 0.25) is 0 Å². The maximum Gasteiger partial charge on any atom is 0.163 e. The summed E-state index contributed by atoms with van der Waals surface area (Å²) in [6.07, 6.45) is 0.0693. The highest BCUT2D eigenvalue weighted by molar-refractivity contribution is 5.97. The van der Waals surface area contributed by atoms with Gasteiger partial charge in [-0.05, 0) is 33.0 Å². The van der Waals surface area contributed by atoms with E-state index in [0.29, 0.717) is 17.9 Å². The number of hydrogen-bond donors (Lipinski definition) is 0. The Kier molecular flexibility index (Phi) is 4.56. The smallest absolute Gasteiger partial charge is 0.163 e. The van der Waals surface area contributed by atoms with E-state index < -0.39 is 0 Å². The first kappa shape index (κ1) is 14.0. The minimum absolute atomic E-state index is 0.0281. The van der Waals surface area contributed by atoms with Gasteiger partial charge in [0, 0.05) is 13.1 Å². The molecule has 1 atom stereocenters. The van der Waals surface area contributed by atoms with Crippen LogP contribution in [0.4, 0.5) is 0 Å². The highest BCUT2D eigenvalue weighted by Gasteiger charge is 2.19. The summed E-state index contributed by atoms with van der Waals surface area (Å²) in [6.45, 7) is 6.56. The zero-order chi connectivity index (χ0) is 13.8. The Bertz CT molecular complexity index is 459. The number of ketones is 1. The van der Waals surface area contributed by atoms with Crippen molar-refractivity contribution in [3.05, 3.63) is 29.3 Å². The number of carbonyl (C=O) groups excluding carboxylic acids is 1. The van der Waals surface area contributed by atoms with Crippen molar-refractivity contribution in [3.8, 4) is 5.75 Å². The van der Waals surface area contributed by atoms with Crippen molar-refractivity contribution in [2.45, 2.75) is 20.0 Å². The molecule has 0 aliphatic carbocycles. The first-order valence-electron chi connectivity index (χ1n) is 6.61. The number of morpholine rings is 1. The monoisotopic (exact) mass is 263 g/mol. The van der Waals surface area contributed by atoms with Gasteiger partial charge in [0.25, 0.3) is 0 Å². The molecule has 0 N–H and O–H groups in total. The second-order valence-electron chi connectivity index (χ2n) is 5.12. The van der Waals surface area contributed by atoms with Crippen LogP contribution >= 0.6 is 0 Å². The Balaban J connectivity index is 2.01. The van der Waals surface area contributed by atoms with Gasteiger partial charge in [-0.3, -0.25) is 4.79 Å². The minimum Gasteiger partial charge on any atom is -0.490 e. The van der Waals surface area contributed by atoms with E-state index in [9.17, 15) is 4.79 Å². The molecule has 0 saturated carbocycles. The van der Waals surface area contributed by atoms with E-state index in [1.807, 2.05) is 25.1 Å². The zero-order valence-electron chi connectivity index (χ0n) is 11.8. The predicted octanol–water partition coefficient (Wildman–Crippen LogP) is 1.91. The molecule has 1 heterocycles. The molecule has 0 aromatic heterocycles. The molecule has 4 heteroatoms. The van der Waals surface area contributed by atoms with Crippen molar-refractivity contribution in [3.63, 3.8) is 0 Å². The van der Waals surface area contributed by atoms with Gasteiger partial charge in [0.05, 0.1) is 12.2 Å². The van der Waals surface area contributed by atoms with Crippen molar-refractivity contribution in [2.24, 2.45) is 0 Å². The van der Waals surface area contributed by atoms with Crippen LogP contribution in [0.5, 0.6) is 5.75 Å². The summed E-state index contributed by atoms with van der Waals surface area (Å²) in [7, 11) is 2.07. The third kappa shape index (κ3) is 3.78. The number of rotatable bonds is 4. The number of ether oxygens (including phenoxy) is 2. The second kappa shape index (κ2) is 6.17. The SMILES string of the molecule is CC(=O)c1cc(C)ccc1OCC1CN(C)CCO1. The summed E-state index contributed by atoms with van der Waals surface area (Å²) in [5.74, 6) is 0.676. The maximum atomic E-state index is 11.6. The van der Waals surface area contributed by atoms with E-state index in [0.717, 1.165) is 25.3 Å².